The molecule has 2 nitrogen and oxygen atoms in total. The Labute approximate surface area is 74.1 Å². The zero-order valence-electron chi connectivity index (χ0n) is 4.91. The van der Waals surface area contributed by atoms with Gasteiger partial charge in [-0.1, -0.05) is 6.07 Å². The number of aromatic nitrogens is 1. The van der Waals surface area contributed by atoms with Crippen LogP contribution >= 0.6 is 0 Å². The van der Waals surface area contributed by atoms with Crippen LogP contribution < -0.4 is 0 Å². The minimum atomic E-state index is 0. The molecule has 46 valence electrons. The molecule has 1 aromatic heterocycles. The summed E-state index contributed by atoms with van der Waals surface area (Å²) in [5, 5.41) is 8.48. The molecule has 1 aromatic rings. The molecule has 0 bridgehead atoms. The second-order valence-corrected chi connectivity index (χ2v) is 1.48. The molecule has 0 fully saturated rings. The summed E-state index contributed by atoms with van der Waals surface area (Å²) in [5.41, 5.74) is 0.715. The maximum Gasteiger partial charge on any atom is 0.0852 e. The van der Waals surface area contributed by atoms with Crippen LogP contribution in [0.4, 0.5) is 0 Å². The quantitative estimate of drug-likeness (QED) is 0.751. The Morgan fingerprint density at radius 1 is 1.44 bits per heavy atom. The van der Waals surface area contributed by atoms with E-state index in [0.717, 1.165) is 0 Å². The Hall–Kier alpha value is 0.0321. The molecule has 1 N–H and O–H groups in total. The largest absolute Gasteiger partial charge is 0.390 e. The minimum Gasteiger partial charge on any atom is -0.390 e. The summed E-state index contributed by atoms with van der Waals surface area (Å²) >= 11 is 0. The van der Waals surface area contributed by atoms with Crippen molar-refractivity contribution in [2.45, 2.75) is 6.61 Å². The van der Waals surface area contributed by atoms with Crippen molar-refractivity contribution in [3.63, 3.8) is 0 Å². The number of aliphatic hydroxyl groups is 1. The van der Waals surface area contributed by atoms with Crippen LogP contribution in [0.2, 0.25) is 0 Å². The predicted octanol–water partition coefficient (Wildman–Crippen LogP) is 0.193. The number of hydrogen-bond donors (Lipinski definition) is 1. The first-order chi connectivity index (χ1) is 3.93. The fourth-order valence-electron chi connectivity index (χ4n) is 0.492. The van der Waals surface area contributed by atoms with E-state index in [1.807, 2.05) is 12.1 Å². The van der Waals surface area contributed by atoms with E-state index in [0.29, 0.717) is 5.69 Å². The number of pyridine rings is 1. The molecule has 0 atom stereocenters. The van der Waals surface area contributed by atoms with Gasteiger partial charge in [0.05, 0.1) is 12.3 Å². The van der Waals surface area contributed by atoms with E-state index < -0.39 is 0 Å². The molecule has 0 saturated carbocycles. The standard InChI is InChI=1S/C6H7NO.Pb/c8-5-6-3-1-2-4-7-6;/h1-4,8H,5H2;. The Morgan fingerprint density at radius 3 is 2.56 bits per heavy atom. The molecule has 4 radical (unpaired) electrons. The molecule has 1 heterocycles. The van der Waals surface area contributed by atoms with Gasteiger partial charge in [0, 0.05) is 33.5 Å². The van der Waals surface area contributed by atoms with Crippen molar-refractivity contribution < 1.29 is 5.11 Å². The molecule has 0 unspecified atom stereocenters. The number of hydrogen-bond acceptors (Lipinski definition) is 2. The average Bonchev–Trinajstić information content (AvgIpc) is 1.90. The first-order valence-corrected chi connectivity index (χ1v) is 2.44. The Bertz CT molecular complexity index is 154. The van der Waals surface area contributed by atoms with E-state index in [1.54, 1.807) is 12.3 Å². The van der Waals surface area contributed by atoms with Gasteiger partial charge < -0.3 is 5.11 Å². The molecule has 0 spiro atoms. The molecule has 0 saturated heterocycles. The Kier molecular flexibility index (Phi) is 4.89. The van der Waals surface area contributed by atoms with Crippen LogP contribution in [0.5, 0.6) is 0 Å². The number of nitrogens with zero attached hydrogens (tertiary/aromatic N) is 1. The third-order valence-corrected chi connectivity index (χ3v) is 0.888. The molecule has 3 heteroatoms. The van der Waals surface area contributed by atoms with Gasteiger partial charge in [-0.15, -0.1) is 0 Å². The van der Waals surface area contributed by atoms with Gasteiger partial charge in [0.25, 0.3) is 0 Å². The molecular formula is C6H7NOPb. The SMILES string of the molecule is OCc1ccccn1.[Pb]. The van der Waals surface area contributed by atoms with E-state index >= 15 is 0 Å². The van der Waals surface area contributed by atoms with Gasteiger partial charge in [0.2, 0.25) is 0 Å². The molecular weight excluding hydrogens is 309 g/mol. The molecule has 0 aliphatic heterocycles. The summed E-state index contributed by atoms with van der Waals surface area (Å²) in [7, 11) is 0. The van der Waals surface area contributed by atoms with Crippen molar-refractivity contribution in [3.8, 4) is 0 Å². The van der Waals surface area contributed by atoms with Crippen LogP contribution in [0.3, 0.4) is 0 Å². The first-order valence-electron chi connectivity index (χ1n) is 2.44. The normalized spacial score (nSPS) is 8.11. The van der Waals surface area contributed by atoms with Gasteiger partial charge in [-0.05, 0) is 12.1 Å². The maximum atomic E-state index is 8.48. The zero-order valence-corrected chi connectivity index (χ0v) is 8.80. The maximum absolute atomic E-state index is 8.48. The van der Waals surface area contributed by atoms with Gasteiger partial charge in [-0.3, -0.25) is 4.98 Å². The van der Waals surface area contributed by atoms with Crippen molar-refractivity contribution >= 4 is 27.3 Å². The molecule has 9 heavy (non-hydrogen) atoms. The van der Waals surface area contributed by atoms with Crippen molar-refractivity contribution in [2.24, 2.45) is 0 Å². The Morgan fingerprint density at radius 2 is 2.22 bits per heavy atom. The van der Waals surface area contributed by atoms with Crippen molar-refractivity contribution in [2.75, 3.05) is 0 Å². The summed E-state index contributed by atoms with van der Waals surface area (Å²) in [4.78, 5) is 3.85. The Balaban J connectivity index is 0.000000640. The third kappa shape index (κ3) is 2.90. The van der Waals surface area contributed by atoms with Gasteiger partial charge in [0.15, 0.2) is 0 Å². The van der Waals surface area contributed by atoms with Crippen LogP contribution in [0.25, 0.3) is 0 Å². The predicted molar refractivity (Wildman–Crippen MR) is 35.9 cm³/mol. The number of rotatable bonds is 1. The van der Waals surface area contributed by atoms with Crippen molar-refractivity contribution in [1.29, 1.82) is 0 Å². The minimum absolute atomic E-state index is 0. The fraction of sp³-hybridized carbons (Fsp3) is 0.167. The topological polar surface area (TPSA) is 33.1 Å². The third-order valence-electron chi connectivity index (χ3n) is 0.888. The smallest absolute Gasteiger partial charge is 0.0852 e. The fourth-order valence-corrected chi connectivity index (χ4v) is 0.492. The summed E-state index contributed by atoms with van der Waals surface area (Å²) in [6.45, 7) is 0.0286. The monoisotopic (exact) mass is 317 g/mol. The van der Waals surface area contributed by atoms with Crippen LogP contribution in [-0.4, -0.2) is 37.4 Å². The molecule has 0 aliphatic carbocycles. The van der Waals surface area contributed by atoms with E-state index in [4.69, 9.17) is 5.11 Å². The van der Waals surface area contributed by atoms with E-state index in [9.17, 15) is 0 Å². The molecule has 0 aliphatic rings. The summed E-state index contributed by atoms with van der Waals surface area (Å²) in [6, 6.07) is 5.44. The van der Waals surface area contributed by atoms with Crippen LogP contribution in [-0.2, 0) is 6.61 Å². The van der Waals surface area contributed by atoms with Crippen LogP contribution in [0.1, 0.15) is 5.69 Å². The van der Waals surface area contributed by atoms with Crippen LogP contribution in [0.15, 0.2) is 24.4 Å². The average molecular weight is 316 g/mol. The van der Waals surface area contributed by atoms with E-state index in [2.05, 4.69) is 4.98 Å². The molecule has 1 rings (SSSR count). The van der Waals surface area contributed by atoms with Crippen molar-refractivity contribution in [1.82, 2.24) is 4.98 Å². The van der Waals surface area contributed by atoms with Gasteiger partial charge in [0.1, 0.15) is 0 Å². The summed E-state index contributed by atoms with van der Waals surface area (Å²) < 4.78 is 0. The van der Waals surface area contributed by atoms with E-state index in [1.165, 1.54) is 0 Å². The van der Waals surface area contributed by atoms with E-state index in [-0.39, 0.29) is 33.9 Å². The first kappa shape index (κ1) is 9.03. The second kappa shape index (κ2) is 4.87. The molecule has 0 aromatic carbocycles. The second-order valence-electron chi connectivity index (χ2n) is 1.48. The summed E-state index contributed by atoms with van der Waals surface area (Å²) in [6.07, 6.45) is 1.66. The van der Waals surface area contributed by atoms with Gasteiger partial charge in [-0.25, -0.2) is 0 Å². The molecule has 0 amide bonds. The van der Waals surface area contributed by atoms with Crippen LogP contribution in [0, 0.1) is 0 Å². The van der Waals surface area contributed by atoms with Crippen molar-refractivity contribution in [3.05, 3.63) is 30.1 Å². The zero-order chi connectivity index (χ0) is 5.82. The van der Waals surface area contributed by atoms with Gasteiger partial charge >= 0.3 is 0 Å². The van der Waals surface area contributed by atoms with Gasteiger partial charge in [-0.2, -0.15) is 0 Å². The summed E-state index contributed by atoms with van der Waals surface area (Å²) in [5.74, 6) is 0. The number of aliphatic hydroxyl groups excluding tert-OH is 1.